The number of carbonyl (C=O) groups excluding carboxylic acids is 1. The molecule has 12 heavy (non-hydrogen) atoms. The minimum Gasteiger partial charge on any atom is -0.405 e. The van der Waals surface area contributed by atoms with Crippen molar-refractivity contribution in [1.29, 1.82) is 0 Å². The van der Waals surface area contributed by atoms with Gasteiger partial charge >= 0.3 is 0 Å². The Kier molecular flexibility index (Phi) is 4.80. The summed E-state index contributed by atoms with van der Waals surface area (Å²) >= 11 is 1.83. The molecule has 0 radical (unpaired) electrons. The lowest BCUT2D eigenvalue weighted by atomic mass is 10.1. The number of Topliss-reactive ketones (excluding diaryl/α,β-unsaturated/α-hetero) is 1. The molecule has 0 saturated carbocycles. The molecule has 0 aliphatic carbocycles. The largest absolute Gasteiger partial charge is 0.405 e. The fourth-order valence-electron chi connectivity index (χ4n) is 0.657. The molecule has 0 heterocycles. The lowest BCUT2D eigenvalue weighted by Gasteiger charge is -1.99. The van der Waals surface area contributed by atoms with E-state index in [1.54, 1.807) is 0 Å². The number of rotatable bonds is 3. The Labute approximate surface area is 84.2 Å². The highest BCUT2D eigenvalue weighted by Crippen LogP contribution is 2.21. The zero-order chi connectivity index (χ0) is 9.72. The highest BCUT2D eigenvalue weighted by Gasteiger charge is 2.11. The van der Waals surface area contributed by atoms with Gasteiger partial charge in [-0.1, -0.05) is 6.58 Å². The number of allylic oxidation sites excluding steroid dienone is 4. The van der Waals surface area contributed by atoms with Crippen molar-refractivity contribution in [2.45, 2.75) is 6.92 Å². The first kappa shape index (κ1) is 11.4. The molecule has 0 aliphatic heterocycles. The summed E-state index contributed by atoms with van der Waals surface area (Å²) in [5.74, 6) is -1.09. The second-order valence-corrected chi connectivity index (χ2v) is 3.21. The Bertz CT molecular complexity index is 252. The summed E-state index contributed by atoms with van der Waals surface area (Å²) in [6, 6.07) is 0. The molecule has 2 nitrogen and oxygen atoms in total. The molecular weight excluding hydrogens is 272 g/mol. The average Bonchev–Trinajstić information content (AvgIpc) is 1.85. The lowest BCUT2D eigenvalue weighted by Crippen LogP contribution is -1.98. The van der Waals surface area contributed by atoms with Gasteiger partial charge in [-0.25, -0.2) is 4.39 Å². The van der Waals surface area contributed by atoms with Gasteiger partial charge in [0.15, 0.2) is 5.78 Å². The monoisotopic (exact) mass is 281 g/mol. The van der Waals surface area contributed by atoms with Crippen molar-refractivity contribution < 1.29 is 9.18 Å². The molecule has 4 heteroatoms. The second-order valence-electron chi connectivity index (χ2n) is 2.04. The first-order chi connectivity index (χ1) is 5.50. The molecule has 0 fully saturated rings. The van der Waals surface area contributed by atoms with Crippen LogP contribution in [0.25, 0.3) is 0 Å². The van der Waals surface area contributed by atoms with E-state index in [2.05, 4.69) is 6.58 Å². The van der Waals surface area contributed by atoms with Crippen molar-refractivity contribution in [2.75, 3.05) is 0 Å². The molecule has 0 unspecified atom stereocenters. The van der Waals surface area contributed by atoms with E-state index in [1.165, 1.54) is 19.2 Å². The fraction of sp³-hybridized carbons (Fsp3) is 0.125. The molecule has 0 aromatic rings. The van der Waals surface area contributed by atoms with E-state index in [9.17, 15) is 9.18 Å². The molecule has 0 rings (SSSR count). The van der Waals surface area contributed by atoms with Crippen LogP contribution in [-0.4, -0.2) is 5.78 Å². The highest BCUT2D eigenvalue weighted by atomic mass is 127. The predicted octanol–water partition coefficient (Wildman–Crippen LogP) is 2.22. The maximum Gasteiger partial charge on any atom is 0.163 e. The topological polar surface area (TPSA) is 43.1 Å². The van der Waals surface area contributed by atoms with Gasteiger partial charge in [0.05, 0.1) is 5.57 Å². The first-order valence-corrected chi connectivity index (χ1v) is 4.22. The number of ketones is 1. The number of halogens is 2. The fourth-order valence-corrected chi connectivity index (χ4v) is 1.54. The van der Waals surface area contributed by atoms with Crippen molar-refractivity contribution in [3.63, 3.8) is 0 Å². The van der Waals surface area contributed by atoms with Gasteiger partial charge in [-0.2, -0.15) is 0 Å². The zero-order valence-corrected chi connectivity index (χ0v) is 8.76. The SMILES string of the molecule is C=C(F)/C(C(C)=O)=C(I)\C=C/N. The summed E-state index contributed by atoms with van der Waals surface area (Å²) in [5, 5.41) is 0. The van der Waals surface area contributed by atoms with Crippen molar-refractivity contribution in [3.8, 4) is 0 Å². The van der Waals surface area contributed by atoms with Crippen LogP contribution in [0.2, 0.25) is 0 Å². The van der Waals surface area contributed by atoms with Crippen molar-refractivity contribution in [3.05, 3.63) is 33.8 Å². The first-order valence-electron chi connectivity index (χ1n) is 3.14. The Balaban J connectivity index is 5.07. The van der Waals surface area contributed by atoms with Gasteiger partial charge in [-0.15, -0.1) is 0 Å². The third-order valence-corrected chi connectivity index (χ3v) is 2.00. The molecule has 0 aliphatic rings. The maximum absolute atomic E-state index is 12.6. The molecule has 0 amide bonds. The maximum atomic E-state index is 12.6. The van der Waals surface area contributed by atoms with Crippen molar-refractivity contribution in [1.82, 2.24) is 0 Å². The standard InChI is InChI=1S/C8H9FINO/c1-5(9)8(6(2)12)7(10)3-4-11/h3-4H,1,11H2,2H3/b4-3-,8-7-. The molecule has 66 valence electrons. The molecular formula is C8H9FINO. The van der Waals surface area contributed by atoms with Gasteiger partial charge in [-0.3, -0.25) is 4.79 Å². The summed E-state index contributed by atoms with van der Waals surface area (Å²) in [6.45, 7) is 4.34. The number of hydrogen-bond acceptors (Lipinski definition) is 2. The minimum absolute atomic E-state index is 0.0164. The summed E-state index contributed by atoms with van der Waals surface area (Å²) in [5.41, 5.74) is 5.07. The van der Waals surface area contributed by atoms with E-state index in [-0.39, 0.29) is 11.4 Å². The quantitative estimate of drug-likeness (QED) is 0.489. The van der Waals surface area contributed by atoms with E-state index in [4.69, 9.17) is 5.73 Å². The molecule has 0 aromatic carbocycles. The van der Waals surface area contributed by atoms with Crippen molar-refractivity contribution >= 4 is 28.4 Å². The summed E-state index contributed by atoms with van der Waals surface area (Å²) in [6.07, 6.45) is 2.69. The number of hydrogen-bond donors (Lipinski definition) is 1. The molecule has 0 spiro atoms. The smallest absolute Gasteiger partial charge is 0.163 e. The average molecular weight is 281 g/mol. The number of carbonyl (C=O) groups is 1. The Morgan fingerprint density at radius 1 is 1.67 bits per heavy atom. The van der Waals surface area contributed by atoms with E-state index >= 15 is 0 Å². The highest BCUT2D eigenvalue weighted by molar-refractivity contribution is 14.1. The summed E-state index contributed by atoms with van der Waals surface area (Å²) in [7, 11) is 0. The van der Waals surface area contributed by atoms with Crippen LogP contribution in [0.1, 0.15) is 6.92 Å². The van der Waals surface area contributed by atoms with Gasteiger partial charge in [-0.05, 0) is 41.8 Å². The predicted molar refractivity (Wildman–Crippen MR) is 55.3 cm³/mol. The summed E-state index contributed by atoms with van der Waals surface area (Å²) < 4.78 is 13.1. The van der Waals surface area contributed by atoms with Gasteiger partial charge < -0.3 is 5.73 Å². The van der Waals surface area contributed by atoms with Gasteiger partial charge in [0, 0.05) is 3.58 Å². The third-order valence-electron chi connectivity index (χ3n) is 1.10. The zero-order valence-electron chi connectivity index (χ0n) is 6.60. The van der Waals surface area contributed by atoms with Crippen LogP contribution in [0.5, 0.6) is 0 Å². The van der Waals surface area contributed by atoms with Crippen LogP contribution in [0.4, 0.5) is 4.39 Å². The minimum atomic E-state index is -0.731. The van der Waals surface area contributed by atoms with Crippen LogP contribution in [-0.2, 0) is 4.79 Å². The molecule has 0 bridgehead atoms. The van der Waals surface area contributed by atoms with Crippen LogP contribution in [0.3, 0.4) is 0 Å². The van der Waals surface area contributed by atoms with Gasteiger partial charge in [0.2, 0.25) is 0 Å². The third kappa shape index (κ3) is 3.17. The molecule has 0 atom stereocenters. The Morgan fingerprint density at radius 2 is 2.17 bits per heavy atom. The molecule has 0 saturated heterocycles. The Hall–Kier alpha value is -0.650. The lowest BCUT2D eigenvalue weighted by molar-refractivity contribution is -0.113. The molecule has 2 N–H and O–H groups in total. The second kappa shape index (κ2) is 5.08. The van der Waals surface area contributed by atoms with E-state index in [0.29, 0.717) is 3.58 Å². The van der Waals surface area contributed by atoms with Crippen molar-refractivity contribution in [2.24, 2.45) is 5.73 Å². The van der Waals surface area contributed by atoms with Crippen LogP contribution in [0.15, 0.2) is 33.8 Å². The van der Waals surface area contributed by atoms with Gasteiger partial charge in [0.25, 0.3) is 0 Å². The van der Waals surface area contributed by atoms with Gasteiger partial charge in [0.1, 0.15) is 5.83 Å². The normalized spacial score (nSPS) is 12.9. The van der Waals surface area contributed by atoms with E-state index in [1.807, 2.05) is 22.6 Å². The number of nitrogens with two attached hydrogens (primary N) is 1. The van der Waals surface area contributed by atoms with E-state index in [0.717, 1.165) is 0 Å². The molecule has 0 aromatic heterocycles. The van der Waals surface area contributed by atoms with Crippen LogP contribution in [0, 0.1) is 0 Å². The summed E-state index contributed by atoms with van der Waals surface area (Å²) in [4.78, 5) is 10.9. The Morgan fingerprint density at radius 3 is 2.42 bits per heavy atom. The van der Waals surface area contributed by atoms with E-state index < -0.39 is 5.83 Å². The van der Waals surface area contributed by atoms with Crippen LogP contribution < -0.4 is 5.73 Å². The van der Waals surface area contributed by atoms with Crippen LogP contribution >= 0.6 is 22.6 Å².